The van der Waals surface area contributed by atoms with Gasteiger partial charge in [-0.1, -0.05) is 12.1 Å². The van der Waals surface area contributed by atoms with Crippen LogP contribution in [0.25, 0.3) is 26.3 Å². The summed E-state index contributed by atoms with van der Waals surface area (Å²) in [5.41, 5.74) is 2.93. The second kappa shape index (κ2) is 10.1. The fourth-order valence-electron chi connectivity index (χ4n) is 3.73. The molecule has 2 aromatic carbocycles. The maximum absolute atomic E-state index is 14.2. The third-order valence-corrected chi connectivity index (χ3v) is 6.37. The maximum Gasteiger partial charge on any atom is 0.407 e. The third-order valence-electron chi connectivity index (χ3n) is 5.18. The van der Waals surface area contributed by atoms with Crippen LogP contribution in [0.3, 0.4) is 0 Å². The average molecular weight is 488 g/mol. The van der Waals surface area contributed by atoms with E-state index in [1.165, 1.54) is 17.4 Å². The Morgan fingerprint density at radius 1 is 0.912 bits per heavy atom. The third kappa shape index (κ3) is 4.54. The van der Waals surface area contributed by atoms with Crippen LogP contribution in [0.1, 0.15) is 25.0 Å². The van der Waals surface area contributed by atoms with Gasteiger partial charge in [0, 0.05) is 29.8 Å². The van der Waals surface area contributed by atoms with Gasteiger partial charge in [-0.25, -0.2) is 18.4 Å². The first-order valence-electron chi connectivity index (χ1n) is 10.7. The fraction of sp³-hybridized carbons (Fsp3) is 0.250. The molecule has 178 valence electrons. The quantitative estimate of drug-likeness (QED) is 0.356. The predicted octanol–water partition coefficient (Wildman–Crippen LogP) is 5.59. The summed E-state index contributed by atoms with van der Waals surface area (Å²) in [6.07, 6.45) is -1.21. The van der Waals surface area contributed by atoms with E-state index in [1.54, 1.807) is 13.8 Å². The van der Waals surface area contributed by atoms with E-state index in [-0.39, 0.29) is 13.2 Å². The average Bonchev–Trinajstić information content (AvgIpc) is 3.33. The molecular weight excluding hydrogens is 464 g/mol. The van der Waals surface area contributed by atoms with E-state index in [0.717, 1.165) is 27.2 Å². The van der Waals surface area contributed by atoms with Crippen molar-refractivity contribution in [2.75, 3.05) is 13.1 Å². The molecule has 0 fully saturated rings. The lowest BCUT2D eigenvalue weighted by Crippen LogP contribution is -2.24. The zero-order chi connectivity index (χ0) is 24.2. The molecule has 10 heteroatoms. The van der Waals surface area contributed by atoms with Crippen molar-refractivity contribution in [2.45, 2.75) is 27.1 Å². The number of carbonyl (C=O) groups is 2. The maximum atomic E-state index is 14.2. The highest BCUT2D eigenvalue weighted by atomic mass is 32.1. The minimum Gasteiger partial charge on any atom is -0.445 e. The van der Waals surface area contributed by atoms with E-state index in [1.807, 2.05) is 28.7 Å². The van der Waals surface area contributed by atoms with Gasteiger partial charge >= 0.3 is 12.2 Å². The van der Waals surface area contributed by atoms with Crippen LogP contribution in [-0.2, 0) is 22.7 Å². The molecule has 0 unspecified atom stereocenters. The van der Waals surface area contributed by atoms with E-state index in [9.17, 15) is 18.4 Å². The van der Waals surface area contributed by atoms with Crippen molar-refractivity contribution in [2.24, 2.45) is 0 Å². The van der Waals surface area contributed by atoms with Crippen LogP contribution in [0.2, 0.25) is 0 Å². The molecule has 0 aliphatic heterocycles. The molecule has 0 spiro atoms. The Balaban J connectivity index is 1.93. The summed E-state index contributed by atoms with van der Waals surface area (Å²) in [4.78, 5) is 24.8. The smallest absolute Gasteiger partial charge is 0.407 e. The Hall–Kier alpha value is -3.66. The molecular formula is C24H23F2N3O4S. The molecule has 0 radical (unpaired) electrons. The van der Waals surface area contributed by atoms with Crippen molar-refractivity contribution < 1.29 is 27.8 Å². The van der Waals surface area contributed by atoms with Gasteiger partial charge in [-0.2, -0.15) is 0 Å². The summed E-state index contributed by atoms with van der Waals surface area (Å²) in [7, 11) is 0. The number of hydrogen-bond acceptors (Lipinski definition) is 5. The Morgan fingerprint density at radius 2 is 1.56 bits per heavy atom. The van der Waals surface area contributed by atoms with Crippen molar-refractivity contribution >= 4 is 38.6 Å². The number of benzene rings is 2. The number of amides is 2. The number of ether oxygens (including phenoxy) is 2. The van der Waals surface area contributed by atoms with Gasteiger partial charge in [0.25, 0.3) is 0 Å². The molecule has 0 bridgehead atoms. The Morgan fingerprint density at radius 3 is 2.21 bits per heavy atom. The number of rotatable bonds is 7. The van der Waals surface area contributed by atoms with E-state index < -0.39 is 23.8 Å². The Kier molecular flexibility index (Phi) is 6.97. The molecule has 7 nitrogen and oxygen atoms in total. The van der Waals surface area contributed by atoms with Gasteiger partial charge in [-0.3, -0.25) is 4.40 Å². The van der Waals surface area contributed by atoms with Crippen LogP contribution in [0.15, 0.2) is 42.5 Å². The van der Waals surface area contributed by atoms with E-state index in [4.69, 9.17) is 9.47 Å². The Bertz CT molecular complexity index is 1370. The van der Waals surface area contributed by atoms with E-state index >= 15 is 0 Å². The summed E-state index contributed by atoms with van der Waals surface area (Å²) in [5.74, 6) is -1.96. The van der Waals surface area contributed by atoms with Crippen LogP contribution in [0.4, 0.5) is 18.4 Å². The minimum atomic E-state index is -0.997. The van der Waals surface area contributed by atoms with Crippen molar-refractivity contribution in [1.29, 1.82) is 0 Å². The number of aromatic nitrogens is 1. The van der Waals surface area contributed by atoms with Gasteiger partial charge < -0.3 is 20.1 Å². The largest absolute Gasteiger partial charge is 0.445 e. The molecule has 4 rings (SSSR count). The molecule has 0 aliphatic rings. The van der Waals surface area contributed by atoms with Gasteiger partial charge in [0.2, 0.25) is 0 Å². The summed E-state index contributed by atoms with van der Waals surface area (Å²) in [6, 6.07) is 11.3. The highest BCUT2D eigenvalue weighted by molar-refractivity contribution is 7.24. The number of alkyl carbamates (subject to hydrolysis) is 2. The number of nitrogens with one attached hydrogen (secondary N) is 2. The number of hydrogen-bond donors (Lipinski definition) is 2. The second-order valence-electron chi connectivity index (χ2n) is 7.36. The summed E-state index contributed by atoms with van der Waals surface area (Å²) in [6.45, 7) is 4.07. The number of fused-ring (bicyclic) bond motifs is 3. The van der Waals surface area contributed by atoms with Gasteiger partial charge in [0.15, 0.2) is 11.6 Å². The topological polar surface area (TPSA) is 81.1 Å². The normalized spacial score (nSPS) is 11.1. The first-order valence-corrected chi connectivity index (χ1v) is 11.6. The molecule has 2 heterocycles. The van der Waals surface area contributed by atoms with Crippen LogP contribution in [0, 0.1) is 11.6 Å². The van der Waals surface area contributed by atoms with Crippen LogP contribution in [0.5, 0.6) is 0 Å². The van der Waals surface area contributed by atoms with Crippen molar-refractivity contribution in [3.63, 3.8) is 0 Å². The number of carbonyl (C=O) groups excluding carboxylic acids is 2. The fourth-order valence-corrected chi connectivity index (χ4v) is 4.94. The number of thiazole rings is 1. The lowest BCUT2D eigenvalue weighted by molar-refractivity contribution is 0.133. The summed E-state index contributed by atoms with van der Waals surface area (Å²) >= 11 is 1.46. The zero-order valence-corrected chi connectivity index (χ0v) is 19.4. The van der Waals surface area contributed by atoms with Crippen LogP contribution in [-0.4, -0.2) is 29.7 Å². The highest BCUT2D eigenvalue weighted by Gasteiger charge is 2.25. The molecule has 2 amide bonds. The molecule has 4 aromatic rings. The van der Waals surface area contributed by atoms with Gasteiger partial charge in [0.1, 0.15) is 18.0 Å². The predicted molar refractivity (Wildman–Crippen MR) is 126 cm³/mol. The second-order valence-corrected chi connectivity index (χ2v) is 8.39. The van der Waals surface area contributed by atoms with Crippen molar-refractivity contribution in [3.05, 3.63) is 65.2 Å². The molecule has 2 N–H and O–H groups in total. The standard InChI is InChI=1S/C24H23F2N3O4S/c1-3-27-23(30)32-12-15-16(13-33-24(31)28-4-2)22-29(19-7-5-6-8-20(19)34-22)21(15)14-9-10-17(25)18(26)11-14/h5-11H,3-4,12-13H2,1-2H3,(H,27,30)(H,28,31). The van der Waals surface area contributed by atoms with Gasteiger partial charge in [-0.15, -0.1) is 11.3 Å². The molecule has 0 saturated heterocycles. The first-order chi connectivity index (χ1) is 16.4. The first kappa shape index (κ1) is 23.5. The van der Waals surface area contributed by atoms with Gasteiger partial charge in [0.05, 0.1) is 15.9 Å². The number of nitrogens with zero attached hydrogens (tertiary/aromatic N) is 1. The molecule has 0 atom stereocenters. The number of para-hydroxylation sites is 1. The number of halogens is 2. The van der Waals surface area contributed by atoms with Crippen molar-refractivity contribution in [1.82, 2.24) is 15.0 Å². The van der Waals surface area contributed by atoms with Crippen LogP contribution >= 0.6 is 11.3 Å². The lowest BCUT2D eigenvalue weighted by Gasteiger charge is -2.11. The molecule has 0 aliphatic carbocycles. The van der Waals surface area contributed by atoms with Crippen molar-refractivity contribution in [3.8, 4) is 11.3 Å². The minimum absolute atomic E-state index is 0.0973. The zero-order valence-electron chi connectivity index (χ0n) is 18.6. The molecule has 2 aromatic heterocycles. The van der Waals surface area contributed by atoms with E-state index in [0.29, 0.717) is 35.5 Å². The molecule has 0 saturated carbocycles. The van der Waals surface area contributed by atoms with E-state index in [2.05, 4.69) is 10.6 Å². The van der Waals surface area contributed by atoms with Crippen LogP contribution < -0.4 is 10.6 Å². The summed E-state index contributed by atoms with van der Waals surface area (Å²) < 4.78 is 41.6. The Labute approximate surface area is 198 Å². The lowest BCUT2D eigenvalue weighted by atomic mass is 10.0. The highest BCUT2D eigenvalue weighted by Crippen LogP contribution is 2.40. The van der Waals surface area contributed by atoms with Gasteiger partial charge in [-0.05, 0) is 44.2 Å². The molecule has 34 heavy (non-hydrogen) atoms. The SMILES string of the molecule is CCNC(=O)OCc1c(COC(=O)NCC)c2sc3ccccc3n2c1-c1ccc(F)c(F)c1. The summed E-state index contributed by atoms with van der Waals surface area (Å²) in [5, 5.41) is 5.14. The monoisotopic (exact) mass is 487 g/mol.